The highest BCUT2D eigenvalue weighted by Crippen LogP contribution is 2.23. The third-order valence-electron chi connectivity index (χ3n) is 2.13. The van der Waals surface area contributed by atoms with Crippen molar-refractivity contribution in [1.29, 1.82) is 0 Å². The normalized spacial score (nSPS) is 11.3. The van der Waals surface area contributed by atoms with Crippen molar-refractivity contribution in [2.45, 2.75) is 6.36 Å². The van der Waals surface area contributed by atoms with Crippen LogP contribution in [0.2, 0.25) is 0 Å². The predicted octanol–water partition coefficient (Wildman–Crippen LogP) is 1.13. The Morgan fingerprint density at radius 2 is 1.84 bits per heavy atom. The first-order valence-electron chi connectivity index (χ1n) is 4.98. The zero-order chi connectivity index (χ0) is 14.0. The minimum Gasteiger partial charge on any atom is -0.543 e. The summed E-state index contributed by atoms with van der Waals surface area (Å²) in [5.41, 5.74) is 0.123. The molecule has 1 aromatic carbocycles. The average Bonchev–Trinajstić information content (AvgIpc) is 2.77. The molecule has 0 unspecified atom stereocenters. The molecule has 0 amide bonds. The van der Waals surface area contributed by atoms with E-state index in [0.717, 1.165) is 12.1 Å². The molecular weight excluding hydrogens is 265 g/mol. The van der Waals surface area contributed by atoms with Gasteiger partial charge in [0.25, 0.3) is 0 Å². The topological polar surface area (TPSA) is 67.2 Å². The van der Waals surface area contributed by atoms with Crippen molar-refractivity contribution >= 4 is 5.97 Å². The number of carboxylic acid groups (broad SMARTS) is 1. The lowest BCUT2D eigenvalue weighted by Gasteiger charge is -2.09. The summed E-state index contributed by atoms with van der Waals surface area (Å²) in [4.78, 5) is 10.5. The predicted molar refractivity (Wildman–Crippen MR) is 54.6 cm³/mol. The number of hydrogen-bond donors (Lipinski definition) is 0. The molecule has 100 valence electrons. The Bertz CT molecular complexity index is 590. The summed E-state index contributed by atoms with van der Waals surface area (Å²) >= 11 is 0. The molecule has 19 heavy (non-hydrogen) atoms. The van der Waals surface area contributed by atoms with Gasteiger partial charge >= 0.3 is 6.36 Å². The lowest BCUT2D eigenvalue weighted by atomic mass is 10.3. The molecule has 2 rings (SSSR count). The molecular formula is C11H6F3N2O3-. The van der Waals surface area contributed by atoms with E-state index >= 15 is 0 Å². The van der Waals surface area contributed by atoms with Gasteiger partial charge in [-0.05, 0) is 30.3 Å². The Balaban J connectivity index is 2.20. The van der Waals surface area contributed by atoms with Gasteiger partial charge in [0, 0.05) is 6.20 Å². The Morgan fingerprint density at radius 3 is 2.32 bits per heavy atom. The Labute approximate surface area is 104 Å². The summed E-state index contributed by atoms with van der Waals surface area (Å²) in [5, 5.41) is 14.2. The van der Waals surface area contributed by atoms with Crippen LogP contribution in [0.5, 0.6) is 5.75 Å². The summed E-state index contributed by atoms with van der Waals surface area (Å²) in [5.74, 6) is -1.81. The van der Waals surface area contributed by atoms with Gasteiger partial charge in [0.05, 0.1) is 11.7 Å². The fourth-order valence-corrected chi connectivity index (χ4v) is 1.38. The summed E-state index contributed by atoms with van der Waals surface area (Å²) in [6.07, 6.45) is -3.40. The minimum absolute atomic E-state index is 0.268. The third kappa shape index (κ3) is 3.24. The van der Waals surface area contributed by atoms with E-state index in [1.165, 1.54) is 29.1 Å². The Morgan fingerprint density at radius 1 is 1.21 bits per heavy atom. The monoisotopic (exact) mass is 271 g/mol. The quantitative estimate of drug-likeness (QED) is 0.839. The van der Waals surface area contributed by atoms with E-state index in [1.54, 1.807) is 0 Å². The Kier molecular flexibility index (Phi) is 3.16. The molecule has 0 atom stereocenters. The van der Waals surface area contributed by atoms with Crippen LogP contribution in [0.3, 0.4) is 0 Å². The fourth-order valence-electron chi connectivity index (χ4n) is 1.38. The molecule has 2 aromatic rings. The van der Waals surface area contributed by atoms with Crippen LogP contribution in [-0.4, -0.2) is 22.1 Å². The number of alkyl halides is 3. The number of aromatic carboxylic acids is 1. The van der Waals surface area contributed by atoms with Gasteiger partial charge in [-0.2, -0.15) is 5.10 Å². The van der Waals surface area contributed by atoms with E-state index in [4.69, 9.17) is 0 Å². The van der Waals surface area contributed by atoms with Crippen LogP contribution in [0.25, 0.3) is 5.69 Å². The van der Waals surface area contributed by atoms with Gasteiger partial charge in [-0.1, -0.05) is 0 Å². The number of rotatable bonds is 3. The van der Waals surface area contributed by atoms with Crippen molar-refractivity contribution in [2.24, 2.45) is 0 Å². The van der Waals surface area contributed by atoms with Crippen LogP contribution in [-0.2, 0) is 0 Å². The zero-order valence-electron chi connectivity index (χ0n) is 9.22. The van der Waals surface area contributed by atoms with Crippen molar-refractivity contribution in [2.75, 3.05) is 0 Å². The van der Waals surface area contributed by atoms with Gasteiger partial charge in [0.2, 0.25) is 0 Å². The average molecular weight is 271 g/mol. The number of carboxylic acids is 1. The maximum absolute atomic E-state index is 11.9. The van der Waals surface area contributed by atoms with Crippen molar-refractivity contribution in [3.8, 4) is 11.4 Å². The standard InChI is InChI=1S/C11H7F3N2O3/c12-11(13,14)19-8-3-1-7(2-4-8)16-6-5-9(15-16)10(17)18/h1-6H,(H,17,18)/p-1. The first kappa shape index (κ1) is 12.9. The van der Waals surface area contributed by atoms with Gasteiger partial charge in [-0.15, -0.1) is 13.2 Å². The molecule has 0 radical (unpaired) electrons. The zero-order valence-corrected chi connectivity index (χ0v) is 9.22. The van der Waals surface area contributed by atoms with Crippen LogP contribution in [0.15, 0.2) is 36.5 Å². The highest BCUT2D eigenvalue weighted by atomic mass is 19.4. The van der Waals surface area contributed by atoms with Gasteiger partial charge in [-0.25, -0.2) is 4.68 Å². The van der Waals surface area contributed by atoms with E-state index in [-0.39, 0.29) is 11.4 Å². The van der Waals surface area contributed by atoms with Crippen LogP contribution < -0.4 is 9.84 Å². The molecule has 0 fully saturated rings. The molecule has 0 spiro atoms. The maximum Gasteiger partial charge on any atom is 0.573 e. The second-order valence-corrected chi connectivity index (χ2v) is 3.47. The SMILES string of the molecule is O=C([O-])c1ccn(-c2ccc(OC(F)(F)F)cc2)n1. The van der Waals surface area contributed by atoms with Crippen molar-refractivity contribution in [3.05, 3.63) is 42.2 Å². The largest absolute Gasteiger partial charge is 0.573 e. The van der Waals surface area contributed by atoms with E-state index in [1.807, 2.05) is 0 Å². The molecule has 0 aliphatic carbocycles. The number of nitrogens with zero attached hydrogens (tertiary/aromatic N) is 2. The van der Waals surface area contributed by atoms with E-state index < -0.39 is 12.3 Å². The van der Waals surface area contributed by atoms with E-state index in [2.05, 4.69) is 9.84 Å². The molecule has 8 heteroatoms. The van der Waals surface area contributed by atoms with Gasteiger partial charge in [0.15, 0.2) is 0 Å². The van der Waals surface area contributed by atoms with Crippen molar-refractivity contribution in [1.82, 2.24) is 9.78 Å². The van der Waals surface area contributed by atoms with Crippen LogP contribution in [0.1, 0.15) is 10.5 Å². The first-order chi connectivity index (χ1) is 8.85. The fraction of sp³-hybridized carbons (Fsp3) is 0.0909. The lowest BCUT2D eigenvalue weighted by molar-refractivity contribution is -0.274. The van der Waals surface area contributed by atoms with Crippen molar-refractivity contribution < 1.29 is 27.8 Å². The first-order valence-corrected chi connectivity index (χ1v) is 4.98. The van der Waals surface area contributed by atoms with E-state index in [0.29, 0.717) is 5.69 Å². The second kappa shape index (κ2) is 4.63. The number of aromatic nitrogens is 2. The van der Waals surface area contributed by atoms with Crippen molar-refractivity contribution in [3.63, 3.8) is 0 Å². The summed E-state index contributed by atoms with van der Waals surface area (Å²) in [6.45, 7) is 0. The molecule has 0 bridgehead atoms. The number of halogens is 3. The third-order valence-corrected chi connectivity index (χ3v) is 2.13. The van der Waals surface area contributed by atoms with Gasteiger partial charge < -0.3 is 14.6 Å². The van der Waals surface area contributed by atoms with E-state index in [9.17, 15) is 23.1 Å². The number of carbonyl (C=O) groups excluding carboxylic acids is 1. The summed E-state index contributed by atoms with van der Waals surface area (Å²) in [6, 6.07) is 6.04. The number of ether oxygens (including phenoxy) is 1. The highest BCUT2D eigenvalue weighted by Gasteiger charge is 2.30. The van der Waals surface area contributed by atoms with Crippen LogP contribution in [0.4, 0.5) is 13.2 Å². The molecule has 1 aromatic heterocycles. The smallest absolute Gasteiger partial charge is 0.543 e. The molecule has 0 aliphatic heterocycles. The molecule has 0 aliphatic rings. The highest BCUT2D eigenvalue weighted by molar-refractivity contribution is 5.83. The van der Waals surface area contributed by atoms with Crippen LogP contribution in [0, 0.1) is 0 Å². The maximum atomic E-state index is 11.9. The van der Waals surface area contributed by atoms with Gasteiger partial charge in [0.1, 0.15) is 11.4 Å². The lowest BCUT2D eigenvalue weighted by Crippen LogP contribution is -2.22. The molecule has 0 saturated carbocycles. The summed E-state index contributed by atoms with van der Waals surface area (Å²) in [7, 11) is 0. The molecule has 1 heterocycles. The number of benzene rings is 1. The number of hydrogen-bond acceptors (Lipinski definition) is 4. The molecule has 0 N–H and O–H groups in total. The Hall–Kier alpha value is -2.51. The van der Waals surface area contributed by atoms with Crippen LogP contribution >= 0.6 is 0 Å². The summed E-state index contributed by atoms with van der Waals surface area (Å²) < 4.78 is 40.7. The molecule has 0 saturated heterocycles. The number of carbonyl (C=O) groups is 1. The van der Waals surface area contributed by atoms with Gasteiger partial charge in [-0.3, -0.25) is 0 Å². The molecule has 5 nitrogen and oxygen atoms in total. The minimum atomic E-state index is -4.75. The second-order valence-electron chi connectivity index (χ2n) is 3.47.